The number of nitrogens with one attached hydrogen (secondary N) is 2. The third kappa shape index (κ3) is 4.20. The van der Waals surface area contributed by atoms with Crippen LogP contribution in [0.3, 0.4) is 0 Å². The largest absolute Gasteiger partial charge is 0.448 e. The summed E-state index contributed by atoms with van der Waals surface area (Å²) in [5.41, 5.74) is 4.31. The van der Waals surface area contributed by atoms with Crippen molar-refractivity contribution in [1.82, 2.24) is 15.2 Å². The summed E-state index contributed by atoms with van der Waals surface area (Å²) in [5, 5.41) is 4.03. The SMILES string of the molecule is CCN[C@H]1CC[C@H](C2(C)Oc3c(C)c4c(c(Cl)c3O2)CCN(Cc2c(C)cc(C)[nH]c2=O)C4=O)CC1. The molecule has 1 atom stereocenters. The molecule has 7 nitrogen and oxygen atoms in total. The number of fused-ring (bicyclic) bond motifs is 2. The number of carbonyl (C=O) groups excluding carboxylic acids is 1. The van der Waals surface area contributed by atoms with E-state index in [4.69, 9.17) is 21.1 Å². The van der Waals surface area contributed by atoms with Gasteiger partial charge in [0.15, 0.2) is 11.5 Å². The molecule has 1 unspecified atom stereocenters. The molecule has 1 saturated carbocycles. The lowest BCUT2D eigenvalue weighted by Crippen LogP contribution is -2.46. The standard InChI is InChI=1S/C28H36ClN3O4/c1-6-30-19-9-7-18(8-10-19)28(5)35-24-17(4)22-20(23(29)25(24)36-28)11-12-32(27(22)34)14-21-15(2)13-16(3)31-26(21)33/h13,18-19,30H,6-12,14H2,1-5H3,(H,31,33)/t18-,19-,28?. The van der Waals surface area contributed by atoms with E-state index in [-0.39, 0.29) is 23.9 Å². The molecule has 0 saturated heterocycles. The van der Waals surface area contributed by atoms with Crippen molar-refractivity contribution < 1.29 is 14.3 Å². The minimum absolute atomic E-state index is 0.124. The fourth-order valence-electron chi connectivity index (χ4n) is 6.22. The van der Waals surface area contributed by atoms with Gasteiger partial charge in [-0.1, -0.05) is 18.5 Å². The van der Waals surface area contributed by atoms with E-state index in [1.807, 2.05) is 33.8 Å². The minimum atomic E-state index is -0.799. The first kappa shape index (κ1) is 25.2. The van der Waals surface area contributed by atoms with Crippen molar-refractivity contribution in [1.29, 1.82) is 0 Å². The van der Waals surface area contributed by atoms with Crippen molar-refractivity contribution in [2.45, 2.75) is 85.1 Å². The van der Waals surface area contributed by atoms with Gasteiger partial charge in [-0.05, 0) is 76.6 Å². The highest BCUT2D eigenvalue weighted by Gasteiger charge is 2.48. The first-order valence-corrected chi connectivity index (χ1v) is 13.5. The Bertz CT molecular complexity index is 1260. The molecule has 194 valence electrons. The molecule has 1 fully saturated rings. The van der Waals surface area contributed by atoms with Crippen molar-refractivity contribution in [3.63, 3.8) is 0 Å². The molecule has 3 aliphatic rings. The summed E-state index contributed by atoms with van der Waals surface area (Å²) in [7, 11) is 0. The second-order valence-electron chi connectivity index (χ2n) is 10.7. The van der Waals surface area contributed by atoms with Crippen LogP contribution in [0.15, 0.2) is 10.9 Å². The second kappa shape index (κ2) is 9.42. The van der Waals surface area contributed by atoms with Crippen LogP contribution in [0.1, 0.15) is 77.8 Å². The summed E-state index contributed by atoms with van der Waals surface area (Å²) < 4.78 is 13.0. The summed E-state index contributed by atoms with van der Waals surface area (Å²) in [4.78, 5) is 30.9. The fraction of sp³-hybridized carbons (Fsp3) is 0.571. The molecular weight excluding hydrogens is 478 g/mol. The number of halogens is 1. The molecule has 8 heteroatoms. The highest BCUT2D eigenvalue weighted by Crippen LogP contribution is 2.53. The van der Waals surface area contributed by atoms with Gasteiger partial charge >= 0.3 is 0 Å². The number of aromatic amines is 1. The quantitative estimate of drug-likeness (QED) is 0.599. The summed E-state index contributed by atoms with van der Waals surface area (Å²) in [5.74, 6) is 0.468. The second-order valence-corrected chi connectivity index (χ2v) is 11.1. The lowest BCUT2D eigenvalue weighted by Gasteiger charge is -2.37. The molecule has 3 heterocycles. The third-order valence-corrected chi connectivity index (χ3v) is 8.63. The molecule has 1 aliphatic carbocycles. The summed E-state index contributed by atoms with van der Waals surface area (Å²) in [6.07, 6.45) is 4.80. The number of pyridine rings is 1. The molecule has 0 radical (unpaired) electrons. The Labute approximate surface area is 217 Å². The van der Waals surface area contributed by atoms with Gasteiger partial charge in [0.25, 0.3) is 17.3 Å². The van der Waals surface area contributed by atoms with Gasteiger partial charge in [0.1, 0.15) is 0 Å². The van der Waals surface area contributed by atoms with Gasteiger partial charge in [-0.25, -0.2) is 0 Å². The highest BCUT2D eigenvalue weighted by atomic mass is 35.5. The molecule has 36 heavy (non-hydrogen) atoms. The van der Waals surface area contributed by atoms with E-state index >= 15 is 0 Å². The molecule has 0 spiro atoms. The van der Waals surface area contributed by atoms with E-state index in [2.05, 4.69) is 17.2 Å². The van der Waals surface area contributed by atoms with Gasteiger partial charge in [-0.3, -0.25) is 9.59 Å². The average molecular weight is 514 g/mol. The Morgan fingerprint density at radius 2 is 1.83 bits per heavy atom. The predicted molar refractivity (Wildman–Crippen MR) is 140 cm³/mol. The Balaban J connectivity index is 1.42. The first-order chi connectivity index (χ1) is 17.1. The number of aryl methyl sites for hydroxylation is 2. The smallest absolute Gasteiger partial charge is 0.254 e. The third-order valence-electron chi connectivity index (χ3n) is 8.23. The molecule has 1 amide bonds. The minimum Gasteiger partial charge on any atom is -0.448 e. The lowest BCUT2D eigenvalue weighted by molar-refractivity contribution is -0.121. The Morgan fingerprint density at radius 3 is 2.50 bits per heavy atom. The Morgan fingerprint density at radius 1 is 1.14 bits per heavy atom. The van der Waals surface area contributed by atoms with Crippen LogP contribution >= 0.6 is 11.6 Å². The number of hydrogen-bond acceptors (Lipinski definition) is 5. The number of amides is 1. The van der Waals surface area contributed by atoms with Crippen LogP contribution < -0.4 is 20.3 Å². The van der Waals surface area contributed by atoms with Crippen LogP contribution in [0.5, 0.6) is 11.5 Å². The number of H-pyrrole nitrogens is 1. The molecule has 2 aromatic rings. The summed E-state index contributed by atoms with van der Waals surface area (Å²) in [6.45, 7) is 11.6. The first-order valence-electron chi connectivity index (χ1n) is 13.1. The Kier molecular flexibility index (Phi) is 6.58. The van der Waals surface area contributed by atoms with Crippen molar-refractivity contribution in [2.75, 3.05) is 13.1 Å². The topological polar surface area (TPSA) is 83.7 Å². The number of ether oxygens (including phenoxy) is 2. The molecule has 2 aliphatic heterocycles. The van der Waals surface area contributed by atoms with Gasteiger partial charge in [0.2, 0.25) is 0 Å². The van der Waals surface area contributed by atoms with Crippen LogP contribution in [0, 0.1) is 26.7 Å². The van der Waals surface area contributed by atoms with E-state index in [0.29, 0.717) is 46.7 Å². The zero-order valence-corrected chi connectivity index (χ0v) is 22.6. The van der Waals surface area contributed by atoms with Crippen molar-refractivity contribution in [3.05, 3.63) is 55.0 Å². The molecule has 5 rings (SSSR count). The maximum absolute atomic E-state index is 13.7. The average Bonchev–Trinajstić information content (AvgIpc) is 3.20. The number of hydrogen-bond donors (Lipinski definition) is 2. The van der Waals surface area contributed by atoms with Crippen LogP contribution in [0.25, 0.3) is 0 Å². The van der Waals surface area contributed by atoms with E-state index in [1.165, 1.54) is 0 Å². The van der Waals surface area contributed by atoms with Crippen LogP contribution in [-0.2, 0) is 13.0 Å². The molecule has 2 N–H and O–H groups in total. The maximum Gasteiger partial charge on any atom is 0.254 e. The number of rotatable bonds is 5. The lowest BCUT2D eigenvalue weighted by atomic mass is 9.81. The van der Waals surface area contributed by atoms with E-state index in [1.54, 1.807) is 4.90 Å². The van der Waals surface area contributed by atoms with Crippen LogP contribution in [0.4, 0.5) is 0 Å². The predicted octanol–water partition coefficient (Wildman–Crippen LogP) is 4.81. The zero-order chi connectivity index (χ0) is 25.8. The zero-order valence-electron chi connectivity index (χ0n) is 21.8. The summed E-state index contributed by atoms with van der Waals surface area (Å²) in [6, 6.07) is 2.48. The molecule has 1 aromatic carbocycles. The number of aromatic nitrogens is 1. The van der Waals surface area contributed by atoms with E-state index < -0.39 is 5.79 Å². The maximum atomic E-state index is 13.7. The number of carbonyl (C=O) groups is 1. The fourth-order valence-corrected chi connectivity index (χ4v) is 6.54. The van der Waals surface area contributed by atoms with E-state index in [9.17, 15) is 9.59 Å². The van der Waals surface area contributed by atoms with Gasteiger partial charge in [-0.15, -0.1) is 0 Å². The van der Waals surface area contributed by atoms with E-state index in [0.717, 1.165) is 54.6 Å². The summed E-state index contributed by atoms with van der Waals surface area (Å²) >= 11 is 6.88. The number of nitrogens with zero attached hydrogens (tertiary/aromatic N) is 1. The van der Waals surface area contributed by atoms with Crippen molar-refractivity contribution in [2.24, 2.45) is 5.92 Å². The van der Waals surface area contributed by atoms with Gasteiger partial charge < -0.3 is 24.7 Å². The van der Waals surface area contributed by atoms with Crippen molar-refractivity contribution in [3.8, 4) is 11.5 Å². The normalized spacial score (nSPS) is 25.3. The van der Waals surface area contributed by atoms with Crippen molar-refractivity contribution >= 4 is 17.5 Å². The molecule has 1 aromatic heterocycles. The van der Waals surface area contributed by atoms with Gasteiger partial charge in [0, 0.05) is 42.2 Å². The van der Waals surface area contributed by atoms with Crippen LogP contribution in [0.2, 0.25) is 5.02 Å². The van der Waals surface area contributed by atoms with Gasteiger partial charge in [0.05, 0.1) is 17.1 Å². The highest BCUT2D eigenvalue weighted by molar-refractivity contribution is 6.34. The molecule has 0 bridgehead atoms. The Hall–Kier alpha value is -2.51. The monoisotopic (exact) mass is 513 g/mol. The van der Waals surface area contributed by atoms with Crippen LogP contribution in [-0.4, -0.2) is 40.7 Å². The number of benzene rings is 1. The molecular formula is C28H36ClN3O4. The van der Waals surface area contributed by atoms with Gasteiger partial charge in [-0.2, -0.15) is 0 Å².